The smallest absolute Gasteiger partial charge is 0.406 e. The molecule has 3 rings (SSSR count). The Balaban J connectivity index is 1.82. The fourth-order valence-corrected chi connectivity index (χ4v) is 3.22. The fraction of sp³-hybridized carbons (Fsp3) is 0.250. The van der Waals surface area contributed by atoms with E-state index in [0.29, 0.717) is 30.4 Å². The standard InChI is InChI=1S/C20H15ClF3N3O2/c21-18-8-3-13(11-26-18)12-27-9-1-2-17(27)16(10-25)19(28)14-4-6-15(7-5-14)29-20(22,23)24/h3-8,11H,1-2,9,12H2/b17-16+. The number of ketones is 1. The van der Waals surface area contributed by atoms with Crippen molar-refractivity contribution >= 4 is 17.4 Å². The molecule has 1 saturated heterocycles. The van der Waals surface area contributed by atoms with Crippen LogP contribution in [0.15, 0.2) is 53.9 Å². The number of allylic oxidation sites excluding steroid dienone is 2. The summed E-state index contributed by atoms with van der Waals surface area (Å²) in [7, 11) is 0. The molecule has 150 valence electrons. The number of ether oxygens (including phenoxy) is 1. The largest absolute Gasteiger partial charge is 0.573 e. The highest BCUT2D eigenvalue weighted by Crippen LogP contribution is 2.29. The molecule has 0 atom stereocenters. The molecule has 1 fully saturated rings. The maximum Gasteiger partial charge on any atom is 0.573 e. The van der Waals surface area contributed by atoms with Crippen LogP contribution in [0, 0.1) is 11.3 Å². The van der Waals surface area contributed by atoms with Crippen LogP contribution < -0.4 is 4.74 Å². The Bertz CT molecular complexity index is 964. The van der Waals surface area contributed by atoms with Crippen LogP contribution in [0.1, 0.15) is 28.8 Å². The van der Waals surface area contributed by atoms with Gasteiger partial charge in [0.15, 0.2) is 0 Å². The SMILES string of the molecule is N#C/C(C(=O)c1ccc(OC(F)(F)F)cc1)=C1/CCCN1Cc1ccc(Cl)nc1. The zero-order chi connectivity index (χ0) is 21.0. The van der Waals surface area contributed by atoms with E-state index < -0.39 is 17.9 Å². The summed E-state index contributed by atoms with van der Waals surface area (Å²) in [5.74, 6) is -0.972. The molecule has 1 aliphatic heterocycles. The number of benzene rings is 1. The van der Waals surface area contributed by atoms with Crippen LogP contribution >= 0.6 is 11.6 Å². The number of aromatic nitrogens is 1. The number of pyridine rings is 1. The molecule has 1 aromatic heterocycles. The van der Waals surface area contributed by atoms with E-state index in [0.717, 1.165) is 24.1 Å². The molecule has 0 spiro atoms. The van der Waals surface area contributed by atoms with Crippen molar-refractivity contribution in [2.24, 2.45) is 0 Å². The Labute approximate surface area is 170 Å². The molecular weight excluding hydrogens is 407 g/mol. The second kappa shape index (κ2) is 8.53. The van der Waals surface area contributed by atoms with E-state index in [1.807, 2.05) is 17.0 Å². The Hall–Kier alpha value is -3.05. The highest BCUT2D eigenvalue weighted by Gasteiger charge is 2.31. The van der Waals surface area contributed by atoms with Gasteiger partial charge in [0.05, 0.1) is 0 Å². The monoisotopic (exact) mass is 421 g/mol. The van der Waals surface area contributed by atoms with Gasteiger partial charge in [-0.2, -0.15) is 5.26 Å². The average Bonchev–Trinajstić information content (AvgIpc) is 3.11. The van der Waals surface area contributed by atoms with E-state index in [1.165, 1.54) is 12.1 Å². The summed E-state index contributed by atoms with van der Waals surface area (Å²) >= 11 is 5.79. The van der Waals surface area contributed by atoms with Gasteiger partial charge in [-0.1, -0.05) is 17.7 Å². The summed E-state index contributed by atoms with van der Waals surface area (Å²) in [5.41, 5.74) is 1.59. The van der Waals surface area contributed by atoms with Crippen LogP contribution in [-0.2, 0) is 6.54 Å². The first-order valence-corrected chi connectivity index (χ1v) is 9.04. The Morgan fingerprint density at radius 3 is 2.55 bits per heavy atom. The number of Topliss-reactive ketones (excluding diaryl/α,β-unsaturated/α-hetero) is 1. The Morgan fingerprint density at radius 1 is 1.24 bits per heavy atom. The van der Waals surface area contributed by atoms with Gasteiger partial charge < -0.3 is 9.64 Å². The number of hydrogen-bond donors (Lipinski definition) is 0. The van der Waals surface area contributed by atoms with Gasteiger partial charge in [0.2, 0.25) is 5.78 Å². The molecule has 0 saturated carbocycles. The third kappa shape index (κ3) is 5.27. The topological polar surface area (TPSA) is 66.2 Å². The molecule has 0 N–H and O–H groups in total. The summed E-state index contributed by atoms with van der Waals surface area (Å²) < 4.78 is 40.6. The number of nitriles is 1. The lowest BCUT2D eigenvalue weighted by Crippen LogP contribution is -2.20. The number of halogens is 4. The summed E-state index contributed by atoms with van der Waals surface area (Å²) in [5, 5.41) is 9.96. The molecule has 5 nitrogen and oxygen atoms in total. The van der Waals surface area contributed by atoms with E-state index in [-0.39, 0.29) is 11.1 Å². The number of hydrogen-bond acceptors (Lipinski definition) is 5. The number of likely N-dealkylation sites (tertiary alicyclic amines) is 1. The van der Waals surface area contributed by atoms with E-state index in [4.69, 9.17) is 11.6 Å². The average molecular weight is 422 g/mol. The van der Waals surface area contributed by atoms with Crippen molar-refractivity contribution in [3.63, 3.8) is 0 Å². The summed E-state index contributed by atoms with van der Waals surface area (Å²) in [6.45, 7) is 1.14. The Kier molecular flexibility index (Phi) is 6.09. The predicted molar refractivity (Wildman–Crippen MR) is 99.0 cm³/mol. The van der Waals surface area contributed by atoms with Crippen LogP contribution in [-0.4, -0.2) is 28.6 Å². The van der Waals surface area contributed by atoms with Gasteiger partial charge in [-0.25, -0.2) is 4.98 Å². The zero-order valence-electron chi connectivity index (χ0n) is 15.0. The number of carbonyl (C=O) groups is 1. The molecule has 2 heterocycles. The minimum atomic E-state index is -4.81. The molecule has 1 aliphatic rings. The highest BCUT2D eigenvalue weighted by molar-refractivity contribution is 6.29. The van der Waals surface area contributed by atoms with Crippen molar-refractivity contribution < 1.29 is 22.7 Å². The van der Waals surface area contributed by atoms with E-state index in [9.17, 15) is 23.2 Å². The first-order valence-electron chi connectivity index (χ1n) is 8.66. The highest BCUT2D eigenvalue weighted by atomic mass is 35.5. The van der Waals surface area contributed by atoms with Gasteiger partial charge in [0.25, 0.3) is 0 Å². The van der Waals surface area contributed by atoms with Crippen LogP contribution in [0.2, 0.25) is 5.15 Å². The molecule has 0 aliphatic carbocycles. The van der Waals surface area contributed by atoms with Crippen LogP contribution in [0.3, 0.4) is 0 Å². The molecule has 0 amide bonds. The molecule has 9 heteroatoms. The van der Waals surface area contributed by atoms with Crippen LogP contribution in [0.25, 0.3) is 0 Å². The number of carbonyl (C=O) groups excluding carboxylic acids is 1. The van der Waals surface area contributed by atoms with Gasteiger partial charge in [-0.3, -0.25) is 4.79 Å². The van der Waals surface area contributed by atoms with E-state index in [1.54, 1.807) is 12.3 Å². The molecule has 29 heavy (non-hydrogen) atoms. The summed E-state index contributed by atoms with van der Waals surface area (Å²) in [4.78, 5) is 18.8. The fourth-order valence-electron chi connectivity index (χ4n) is 3.11. The number of nitrogens with zero attached hydrogens (tertiary/aromatic N) is 3. The van der Waals surface area contributed by atoms with Crippen molar-refractivity contribution in [2.45, 2.75) is 25.7 Å². The predicted octanol–water partition coefficient (Wildman–Crippen LogP) is 4.89. The maximum atomic E-state index is 12.8. The van der Waals surface area contributed by atoms with Crippen molar-refractivity contribution in [3.05, 3.63) is 70.1 Å². The van der Waals surface area contributed by atoms with E-state index in [2.05, 4.69) is 9.72 Å². The van der Waals surface area contributed by atoms with Crippen LogP contribution in [0.5, 0.6) is 5.75 Å². The van der Waals surface area contributed by atoms with Gasteiger partial charge in [-0.05, 0) is 48.7 Å². The van der Waals surface area contributed by atoms with Crippen LogP contribution in [0.4, 0.5) is 13.2 Å². The van der Waals surface area contributed by atoms with Gasteiger partial charge >= 0.3 is 6.36 Å². The first-order chi connectivity index (χ1) is 13.8. The number of rotatable bonds is 5. The molecule has 1 aromatic carbocycles. The Morgan fingerprint density at radius 2 is 1.97 bits per heavy atom. The third-order valence-corrected chi connectivity index (χ3v) is 4.59. The molecule has 0 bridgehead atoms. The van der Waals surface area contributed by atoms with E-state index >= 15 is 0 Å². The minimum Gasteiger partial charge on any atom is -0.406 e. The first kappa shape index (κ1) is 20.7. The normalized spacial score (nSPS) is 15.8. The van der Waals surface area contributed by atoms with Crippen molar-refractivity contribution in [1.82, 2.24) is 9.88 Å². The lowest BCUT2D eigenvalue weighted by Gasteiger charge is -2.21. The molecular formula is C20H15ClF3N3O2. The minimum absolute atomic E-state index is 0.0195. The zero-order valence-corrected chi connectivity index (χ0v) is 15.8. The van der Waals surface area contributed by atoms with Crippen molar-refractivity contribution in [3.8, 4) is 11.8 Å². The maximum absolute atomic E-state index is 12.8. The third-order valence-electron chi connectivity index (χ3n) is 4.36. The summed E-state index contributed by atoms with van der Waals surface area (Å²) in [6.07, 6.45) is -1.84. The summed E-state index contributed by atoms with van der Waals surface area (Å²) in [6, 6.07) is 9.96. The second-order valence-electron chi connectivity index (χ2n) is 6.35. The lowest BCUT2D eigenvalue weighted by molar-refractivity contribution is -0.274. The van der Waals surface area contributed by atoms with Crippen molar-refractivity contribution in [1.29, 1.82) is 5.26 Å². The van der Waals surface area contributed by atoms with Gasteiger partial charge in [0.1, 0.15) is 22.5 Å². The second-order valence-corrected chi connectivity index (χ2v) is 6.74. The lowest BCUT2D eigenvalue weighted by atomic mass is 10.0. The van der Waals surface area contributed by atoms with Gasteiger partial charge in [-0.15, -0.1) is 13.2 Å². The van der Waals surface area contributed by atoms with Crippen molar-refractivity contribution in [2.75, 3.05) is 6.54 Å². The molecule has 0 unspecified atom stereocenters. The molecule has 2 aromatic rings. The quantitative estimate of drug-likeness (QED) is 0.297. The van der Waals surface area contributed by atoms with Gasteiger partial charge in [0, 0.05) is 30.5 Å². The molecule has 0 radical (unpaired) electrons. The number of alkyl halides is 3.